The molecule has 0 radical (unpaired) electrons. The summed E-state index contributed by atoms with van der Waals surface area (Å²) in [6.45, 7) is 6.18. The van der Waals surface area contributed by atoms with Crippen LogP contribution < -0.4 is 14.5 Å². The van der Waals surface area contributed by atoms with Crippen LogP contribution in [0.2, 0.25) is 0 Å². The topological polar surface area (TPSA) is 18.1 Å². The number of hydrogen-bond acceptors (Lipinski definition) is 1. The summed E-state index contributed by atoms with van der Waals surface area (Å²) in [6, 6.07) is 8.34. The fraction of sp³-hybridized carbons (Fsp3) is 0.571. The Labute approximate surface area is 105 Å². The molecule has 0 aliphatic rings. The van der Waals surface area contributed by atoms with E-state index in [1.807, 2.05) is 13.0 Å². The lowest BCUT2D eigenvalue weighted by Gasteiger charge is -2.17. The molecule has 0 aliphatic heterocycles. The second-order valence-electron chi connectivity index (χ2n) is 4.88. The van der Waals surface area contributed by atoms with E-state index in [0.717, 1.165) is 18.9 Å². The minimum atomic E-state index is 0.734. The summed E-state index contributed by atoms with van der Waals surface area (Å²) < 4.78 is 5.64. The van der Waals surface area contributed by atoms with Gasteiger partial charge in [-0.05, 0) is 19.1 Å². The van der Waals surface area contributed by atoms with E-state index in [1.165, 1.54) is 28.5 Å². The Balaban J connectivity index is 2.54. The molecule has 1 aromatic rings. The van der Waals surface area contributed by atoms with Gasteiger partial charge < -0.3 is 14.5 Å². The lowest BCUT2D eigenvalue weighted by molar-refractivity contribution is -0.937. The molecule has 1 aromatic carbocycles. The van der Waals surface area contributed by atoms with Gasteiger partial charge in [-0.25, -0.2) is 0 Å². The molecule has 3 heteroatoms. The number of hydrogen-bond donors (Lipinski definition) is 2. The van der Waals surface area contributed by atoms with Gasteiger partial charge in [0.05, 0.1) is 27.7 Å². The van der Waals surface area contributed by atoms with Gasteiger partial charge in [-0.3, -0.25) is 0 Å². The lowest BCUT2D eigenvalue weighted by Crippen LogP contribution is -3.15. The standard InChI is InChI=1S/C14H24N2O/c1-5-17-14-9-7-6-8-13(14)12-16(4)11-10-15(2)3/h6-9H,5,10-12H2,1-4H3/p+2. The average Bonchev–Trinajstić information content (AvgIpc) is 2.29. The Morgan fingerprint density at radius 1 is 1.06 bits per heavy atom. The van der Waals surface area contributed by atoms with E-state index in [-0.39, 0.29) is 0 Å². The number of rotatable bonds is 7. The molecule has 0 heterocycles. The molecule has 0 aromatic heterocycles. The molecule has 0 saturated carbocycles. The van der Waals surface area contributed by atoms with Crippen molar-refractivity contribution in [2.45, 2.75) is 13.5 Å². The van der Waals surface area contributed by atoms with Crippen molar-refractivity contribution < 1.29 is 14.5 Å². The van der Waals surface area contributed by atoms with Crippen LogP contribution >= 0.6 is 0 Å². The SMILES string of the molecule is CCOc1ccccc1C[NH+](C)CC[NH+](C)C. The molecule has 0 fully saturated rings. The zero-order valence-electron chi connectivity index (χ0n) is 11.5. The number of para-hydroxylation sites is 1. The zero-order chi connectivity index (χ0) is 12.7. The maximum Gasteiger partial charge on any atom is 0.128 e. The summed E-state index contributed by atoms with van der Waals surface area (Å²) in [5.41, 5.74) is 1.31. The second-order valence-corrected chi connectivity index (χ2v) is 4.88. The van der Waals surface area contributed by atoms with Crippen LogP contribution in [0.15, 0.2) is 24.3 Å². The first-order valence-corrected chi connectivity index (χ1v) is 6.44. The van der Waals surface area contributed by atoms with Crippen molar-refractivity contribution in [3.63, 3.8) is 0 Å². The fourth-order valence-corrected chi connectivity index (χ4v) is 1.82. The van der Waals surface area contributed by atoms with Crippen LogP contribution in [0.3, 0.4) is 0 Å². The highest BCUT2D eigenvalue weighted by Gasteiger charge is 2.09. The highest BCUT2D eigenvalue weighted by Crippen LogP contribution is 2.16. The first kappa shape index (κ1) is 14.0. The summed E-state index contributed by atoms with van der Waals surface area (Å²) in [6.07, 6.45) is 0. The first-order chi connectivity index (χ1) is 8.13. The molecule has 0 amide bonds. The Kier molecular flexibility index (Phi) is 6.01. The Morgan fingerprint density at radius 2 is 1.76 bits per heavy atom. The number of benzene rings is 1. The third-order valence-corrected chi connectivity index (χ3v) is 2.82. The van der Waals surface area contributed by atoms with E-state index in [4.69, 9.17) is 4.74 Å². The molecule has 96 valence electrons. The molecular weight excluding hydrogens is 212 g/mol. The van der Waals surface area contributed by atoms with Crippen molar-refractivity contribution in [2.24, 2.45) is 0 Å². The van der Waals surface area contributed by atoms with Crippen LogP contribution in [-0.4, -0.2) is 40.8 Å². The minimum absolute atomic E-state index is 0.734. The average molecular weight is 238 g/mol. The van der Waals surface area contributed by atoms with Crippen molar-refractivity contribution in [1.82, 2.24) is 0 Å². The van der Waals surface area contributed by atoms with Gasteiger partial charge in [0, 0.05) is 5.56 Å². The van der Waals surface area contributed by atoms with E-state index >= 15 is 0 Å². The van der Waals surface area contributed by atoms with Crippen molar-refractivity contribution in [3.8, 4) is 5.75 Å². The van der Waals surface area contributed by atoms with Gasteiger partial charge in [-0.2, -0.15) is 0 Å². The molecule has 3 nitrogen and oxygen atoms in total. The summed E-state index contributed by atoms with van der Waals surface area (Å²) >= 11 is 0. The lowest BCUT2D eigenvalue weighted by atomic mass is 10.2. The fourth-order valence-electron chi connectivity index (χ4n) is 1.82. The molecule has 0 saturated heterocycles. The van der Waals surface area contributed by atoms with Crippen LogP contribution in [0.1, 0.15) is 12.5 Å². The molecule has 1 rings (SSSR count). The van der Waals surface area contributed by atoms with E-state index < -0.39 is 0 Å². The maximum absolute atomic E-state index is 5.64. The summed E-state index contributed by atoms with van der Waals surface area (Å²) in [7, 11) is 6.63. The van der Waals surface area contributed by atoms with E-state index in [2.05, 4.69) is 39.3 Å². The third kappa shape index (κ3) is 5.20. The zero-order valence-corrected chi connectivity index (χ0v) is 11.5. The highest BCUT2D eigenvalue weighted by atomic mass is 16.5. The number of quaternary nitrogens is 2. The van der Waals surface area contributed by atoms with Crippen molar-refractivity contribution in [1.29, 1.82) is 0 Å². The monoisotopic (exact) mass is 238 g/mol. The largest absolute Gasteiger partial charge is 0.493 e. The smallest absolute Gasteiger partial charge is 0.128 e. The molecule has 1 atom stereocenters. The maximum atomic E-state index is 5.64. The molecule has 0 aliphatic carbocycles. The molecule has 2 N–H and O–H groups in total. The minimum Gasteiger partial charge on any atom is -0.493 e. The van der Waals surface area contributed by atoms with Crippen molar-refractivity contribution in [2.75, 3.05) is 40.8 Å². The van der Waals surface area contributed by atoms with Crippen molar-refractivity contribution >= 4 is 0 Å². The van der Waals surface area contributed by atoms with Crippen LogP contribution in [0.25, 0.3) is 0 Å². The van der Waals surface area contributed by atoms with Crippen LogP contribution in [0, 0.1) is 0 Å². The summed E-state index contributed by atoms with van der Waals surface area (Å²) in [4.78, 5) is 3.03. The number of nitrogens with one attached hydrogen (secondary N) is 2. The van der Waals surface area contributed by atoms with Crippen LogP contribution in [0.5, 0.6) is 5.75 Å². The molecular formula is C14H26N2O+2. The van der Waals surface area contributed by atoms with Crippen LogP contribution in [-0.2, 0) is 6.54 Å². The predicted molar refractivity (Wildman–Crippen MR) is 70.7 cm³/mol. The predicted octanol–water partition coefficient (Wildman–Crippen LogP) is -0.755. The quantitative estimate of drug-likeness (QED) is 0.639. The summed E-state index contributed by atoms with van der Waals surface area (Å²) in [5.74, 6) is 1.03. The Hall–Kier alpha value is -1.06. The van der Waals surface area contributed by atoms with Gasteiger partial charge >= 0.3 is 0 Å². The molecule has 17 heavy (non-hydrogen) atoms. The van der Waals surface area contributed by atoms with Crippen LogP contribution in [0.4, 0.5) is 0 Å². The van der Waals surface area contributed by atoms with E-state index in [0.29, 0.717) is 0 Å². The number of ether oxygens (including phenoxy) is 1. The van der Waals surface area contributed by atoms with Gasteiger partial charge in [0.1, 0.15) is 25.4 Å². The molecule has 1 unspecified atom stereocenters. The third-order valence-electron chi connectivity index (χ3n) is 2.82. The molecule has 0 spiro atoms. The molecule has 0 bridgehead atoms. The highest BCUT2D eigenvalue weighted by molar-refractivity contribution is 5.32. The van der Waals surface area contributed by atoms with E-state index in [9.17, 15) is 0 Å². The summed E-state index contributed by atoms with van der Waals surface area (Å²) in [5, 5.41) is 0. The van der Waals surface area contributed by atoms with Gasteiger partial charge in [-0.15, -0.1) is 0 Å². The Bertz CT molecular complexity index is 326. The van der Waals surface area contributed by atoms with Gasteiger partial charge in [0.15, 0.2) is 0 Å². The number of likely N-dealkylation sites (N-methyl/N-ethyl adjacent to an activating group) is 2. The van der Waals surface area contributed by atoms with Gasteiger partial charge in [-0.1, -0.05) is 12.1 Å². The second kappa shape index (κ2) is 7.30. The van der Waals surface area contributed by atoms with Gasteiger partial charge in [0.2, 0.25) is 0 Å². The van der Waals surface area contributed by atoms with E-state index in [1.54, 1.807) is 0 Å². The first-order valence-electron chi connectivity index (χ1n) is 6.44. The van der Waals surface area contributed by atoms with Crippen molar-refractivity contribution in [3.05, 3.63) is 29.8 Å². The normalized spacial score (nSPS) is 12.8. The van der Waals surface area contributed by atoms with Gasteiger partial charge in [0.25, 0.3) is 0 Å². The Morgan fingerprint density at radius 3 is 2.41 bits per heavy atom.